The van der Waals surface area contributed by atoms with Crippen molar-refractivity contribution in [2.24, 2.45) is 0 Å². The van der Waals surface area contributed by atoms with Crippen LogP contribution in [0.4, 0.5) is 5.69 Å². The Morgan fingerprint density at radius 3 is 2.75 bits per heavy atom. The second-order valence-electron chi connectivity index (χ2n) is 2.86. The summed E-state index contributed by atoms with van der Waals surface area (Å²) in [6.07, 6.45) is 1.77. The molecule has 0 aliphatic rings. The summed E-state index contributed by atoms with van der Waals surface area (Å²) in [4.78, 5) is 4.22. The van der Waals surface area contributed by atoms with Gasteiger partial charge < -0.3 is 10.5 Å². The summed E-state index contributed by atoms with van der Waals surface area (Å²) < 4.78 is 4.99. The minimum absolute atomic E-state index is 0.524. The fraction of sp³-hybridized carbons (Fsp3) is 0.444. The second-order valence-corrected chi connectivity index (χ2v) is 2.86. The lowest BCUT2D eigenvalue weighted by atomic mass is 10.1. The number of rotatable bonds is 2. The van der Waals surface area contributed by atoms with Crippen LogP contribution in [0.2, 0.25) is 0 Å². The van der Waals surface area contributed by atoms with E-state index in [0.717, 1.165) is 22.5 Å². The molecule has 0 bridgehead atoms. The van der Waals surface area contributed by atoms with Gasteiger partial charge in [-0.05, 0) is 25.0 Å². The van der Waals surface area contributed by atoms with Crippen LogP contribution in [0.3, 0.4) is 0 Å². The van der Waals surface area contributed by atoms with E-state index in [-0.39, 0.29) is 0 Å². The van der Waals surface area contributed by atoms with Gasteiger partial charge in [-0.2, -0.15) is 0 Å². The molecule has 1 aromatic heterocycles. The molecule has 0 amide bonds. The lowest BCUT2D eigenvalue weighted by Gasteiger charge is -2.08. The molecule has 0 saturated carbocycles. The normalized spacial score (nSPS) is 10.2. The van der Waals surface area contributed by atoms with E-state index in [0.29, 0.717) is 6.61 Å². The van der Waals surface area contributed by atoms with Gasteiger partial charge >= 0.3 is 0 Å². The molecule has 3 heteroatoms. The molecule has 1 heterocycles. The largest absolute Gasteiger partial charge is 0.398 e. The fourth-order valence-corrected chi connectivity index (χ4v) is 1.07. The number of hydrogen-bond donors (Lipinski definition) is 1. The number of ether oxygens (including phenoxy) is 1. The Morgan fingerprint density at radius 1 is 1.50 bits per heavy atom. The van der Waals surface area contributed by atoms with Gasteiger partial charge in [0, 0.05) is 19.0 Å². The quantitative estimate of drug-likeness (QED) is 0.723. The molecule has 0 aliphatic heterocycles. The first-order valence-electron chi connectivity index (χ1n) is 3.86. The summed E-state index contributed by atoms with van der Waals surface area (Å²) >= 11 is 0. The molecule has 0 aromatic carbocycles. The minimum Gasteiger partial charge on any atom is -0.398 e. The molecule has 66 valence electrons. The van der Waals surface area contributed by atoms with Crippen LogP contribution in [0.1, 0.15) is 16.8 Å². The second kappa shape index (κ2) is 3.54. The number of hydrogen-bond acceptors (Lipinski definition) is 3. The van der Waals surface area contributed by atoms with Gasteiger partial charge in [-0.25, -0.2) is 0 Å². The van der Waals surface area contributed by atoms with Crippen molar-refractivity contribution in [3.05, 3.63) is 23.0 Å². The van der Waals surface area contributed by atoms with Crippen molar-refractivity contribution in [3.8, 4) is 0 Å². The van der Waals surface area contributed by atoms with Crippen LogP contribution in [0, 0.1) is 13.8 Å². The molecule has 0 aliphatic carbocycles. The molecule has 2 N–H and O–H groups in total. The minimum atomic E-state index is 0.524. The lowest BCUT2D eigenvalue weighted by Crippen LogP contribution is -2.02. The van der Waals surface area contributed by atoms with Crippen molar-refractivity contribution >= 4 is 5.69 Å². The summed E-state index contributed by atoms with van der Waals surface area (Å²) in [6, 6.07) is 0. The van der Waals surface area contributed by atoms with E-state index < -0.39 is 0 Å². The Kier molecular flexibility index (Phi) is 2.65. The van der Waals surface area contributed by atoms with Crippen LogP contribution in [0.25, 0.3) is 0 Å². The van der Waals surface area contributed by atoms with Crippen molar-refractivity contribution in [1.29, 1.82) is 0 Å². The predicted octanol–water partition coefficient (Wildman–Crippen LogP) is 1.43. The molecule has 1 aromatic rings. The molecule has 1 rings (SSSR count). The van der Waals surface area contributed by atoms with Gasteiger partial charge in [0.15, 0.2) is 0 Å². The maximum Gasteiger partial charge on any atom is 0.0887 e. The van der Waals surface area contributed by atoms with Gasteiger partial charge in [0.05, 0.1) is 12.3 Å². The van der Waals surface area contributed by atoms with Crippen LogP contribution in [0.15, 0.2) is 6.20 Å². The van der Waals surface area contributed by atoms with E-state index in [4.69, 9.17) is 10.5 Å². The molecular formula is C9H14N2O. The van der Waals surface area contributed by atoms with Crippen LogP contribution in [0.5, 0.6) is 0 Å². The molecule has 0 spiro atoms. The Morgan fingerprint density at radius 2 is 2.17 bits per heavy atom. The number of aryl methyl sites for hydroxylation is 1. The monoisotopic (exact) mass is 166 g/mol. The van der Waals surface area contributed by atoms with E-state index in [1.54, 1.807) is 13.3 Å². The third-order valence-corrected chi connectivity index (χ3v) is 1.96. The van der Waals surface area contributed by atoms with Gasteiger partial charge in [0.2, 0.25) is 0 Å². The maximum atomic E-state index is 5.82. The summed E-state index contributed by atoms with van der Waals surface area (Å²) in [6.45, 7) is 4.44. The highest BCUT2D eigenvalue weighted by Crippen LogP contribution is 2.17. The van der Waals surface area contributed by atoms with Gasteiger partial charge in [-0.15, -0.1) is 0 Å². The maximum absolute atomic E-state index is 5.82. The van der Waals surface area contributed by atoms with Crippen molar-refractivity contribution in [1.82, 2.24) is 4.98 Å². The predicted molar refractivity (Wildman–Crippen MR) is 48.8 cm³/mol. The number of methoxy groups -OCH3 is 1. The fourth-order valence-electron chi connectivity index (χ4n) is 1.07. The third kappa shape index (κ3) is 1.56. The topological polar surface area (TPSA) is 48.1 Å². The zero-order valence-electron chi connectivity index (χ0n) is 7.72. The number of pyridine rings is 1. The Bertz CT molecular complexity index is 284. The smallest absolute Gasteiger partial charge is 0.0887 e. The average molecular weight is 166 g/mol. The van der Waals surface area contributed by atoms with E-state index in [1.165, 1.54) is 0 Å². The Labute approximate surface area is 72.6 Å². The average Bonchev–Trinajstić information content (AvgIpc) is 2.07. The van der Waals surface area contributed by atoms with Gasteiger partial charge in [0.25, 0.3) is 0 Å². The lowest BCUT2D eigenvalue weighted by molar-refractivity contribution is 0.181. The highest BCUT2D eigenvalue weighted by Gasteiger charge is 2.04. The highest BCUT2D eigenvalue weighted by molar-refractivity contribution is 5.53. The van der Waals surface area contributed by atoms with Crippen LogP contribution < -0.4 is 5.73 Å². The molecule has 0 unspecified atom stereocenters. The standard InChI is InChI=1S/C9H14N2O/c1-6-4-11-8(5-12-3)7(2)9(6)10/h4H,5H2,1-3H3,(H2,10,11). The zero-order valence-corrected chi connectivity index (χ0v) is 7.72. The molecule has 3 nitrogen and oxygen atoms in total. The van der Waals surface area contributed by atoms with Crippen molar-refractivity contribution < 1.29 is 4.74 Å². The van der Waals surface area contributed by atoms with Crippen molar-refractivity contribution in [3.63, 3.8) is 0 Å². The third-order valence-electron chi connectivity index (χ3n) is 1.96. The summed E-state index contributed by atoms with van der Waals surface area (Å²) in [5, 5.41) is 0. The first-order chi connectivity index (χ1) is 5.66. The summed E-state index contributed by atoms with van der Waals surface area (Å²) in [5.41, 5.74) is 9.60. The zero-order chi connectivity index (χ0) is 9.14. The SMILES string of the molecule is COCc1ncc(C)c(N)c1C. The Hall–Kier alpha value is -1.09. The summed E-state index contributed by atoms with van der Waals surface area (Å²) in [5.74, 6) is 0. The number of aromatic nitrogens is 1. The summed E-state index contributed by atoms with van der Waals surface area (Å²) in [7, 11) is 1.65. The molecule has 0 radical (unpaired) electrons. The van der Waals surface area contributed by atoms with E-state index >= 15 is 0 Å². The number of anilines is 1. The van der Waals surface area contributed by atoms with Gasteiger partial charge in [-0.1, -0.05) is 0 Å². The van der Waals surface area contributed by atoms with Crippen molar-refractivity contribution in [2.75, 3.05) is 12.8 Å². The van der Waals surface area contributed by atoms with Crippen LogP contribution in [-0.2, 0) is 11.3 Å². The van der Waals surface area contributed by atoms with E-state index in [9.17, 15) is 0 Å². The number of nitrogens with zero attached hydrogens (tertiary/aromatic N) is 1. The number of nitrogen functional groups attached to an aromatic ring is 1. The molecule has 0 fully saturated rings. The van der Waals surface area contributed by atoms with E-state index in [2.05, 4.69) is 4.98 Å². The molecular weight excluding hydrogens is 152 g/mol. The van der Waals surface area contributed by atoms with Crippen LogP contribution >= 0.6 is 0 Å². The highest BCUT2D eigenvalue weighted by atomic mass is 16.5. The van der Waals surface area contributed by atoms with Gasteiger partial charge in [-0.3, -0.25) is 4.98 Å². The Balaban J connectivity index is 3.08. The molecule has 0 atom stereocenters. The van der Waals surface area contributed by atoms with E-state index in [1.807, 2.05) is 13.8 Å². The van der Waals surface area contributed by atoms with Crippen molar-refractivity contribution in [2.45, 2.75) is 20.5 Å². The first kappa shape index (κ1) is 9.00. The van der Waals surface area contributed by atoms with Gasteiger partial charge in [0.1, 0.15) is 0 Å². The van der Waals surface area contributed by atoms with Crippen LogP contribution in [-0.4, -0.2) is 12.1 Å². The number of nitrogens with two attached hydrogens (primary N) is 1. The first-order valence-corrected chi connectivity index (χ1v) is 3.86. The molecule has 12 heavy (non-hydrogen) atoms. The molecule has 0 saturated heterocycles.